The highest BCUT2D eigenvalue weighted by atomic mass is 16.5. The minimum absolute atomic E-state index is 0.314. The number of hydrogen-bond donors (Lipinski definition) is 1. The first-order valence-electron chi connectivity index (χ1n) is 7.60. The number of nitrogens with one attached hydrogen (secondary N) is 1. The van der Waals surface area contributed by atoms with Crippen molar-refractivity contribution in [1.82, 2.24) is 5.32 Å². The SMILES string of the molecule is CCc1oc2ccccc2c1C(NC)C1CCCOC1. The van der Waals surface area contributed by atoms with Crippen LogP contribution in [0.4, 0.5) is 0 Å². The fraction of sp³-hybridized carbons (Fsp3) is 0.529. The van der Waals surface area contributed by atoms with Gasteiger partial charge in [0.15, 0.2) is 0 Å². The topological polar surface area (TPSA) is 34.4 Å². The number of fused-ring (bicyclic) bond motifs is 1. The maximum Gasteiger partial charge on any atom is 0.134 e. The van der Waals surface area contributed by atoms with E-state index >= 15 is 0 Å². The van der Waals surface area contributed by atoms with E-state index in [0.29, 0.717) is 12.0 Å². The fourth-order valence-electron chi connectivity index (χ4n) is 3.36. The van der Waals surface area contributed by atoms with Gasteiger partial charge in [0.2, 0.25) is 0 Å². The van der Waals surface area contributed by atoms with Crippen molar-refractivity contribution in [2.24, 2.45) is 5.92 Å². The summed E-state index contributed by atoms with van der Waals surface area (Å²) in [5.74, 6) is 1.64. The number of rotatable bonds is 4. The van der Waals surface area contributed by atoms with E-state index in [1.807, 2.05) is 13.1 Å². The monoisotopic (exact) mass is 273 g/mol. The van der Waals surface area contributed by atoms with Crippen LogP contribution in [0.3, 0.4) is 0 Å². The van der Waals surface area contributed by atoms with Crippen LogP contribution in [0.25, 0.3) is 11.0 Å². The first kappa shape index (κ1) is 13.7. The van der Waals surface area contributed by atoms with Gasteiger partial charge in [-0.3, -0.25) is 0 Å². The van der Waals surface area contributed by atoms with Crippen LogP contribution in [0.2, 0.25) is 0 Å². The predicted molar refractivity (Wildman–Crippen MR) is 80.9 cm³/mol. The number of benzene rings is 1. The lowest BCUT2D eigenvalue weighted by Crippen LogP contribution is -2.31. The third kappa shape index (κ3) is 2.36. The number of hydrogen-bond acceptors (Lipinski definition) is 3. The Bertz CT molecular complexity index is 569. The van der Waals surface area contributed by atoms with Gasteiger partial charge in [0, 0.05) is 35.9 Å². The van der Waals surface area contributed by atoms with Gasteiger partial charge >= 0.3 is 0 Å². The van der Waals surface area contributed by atoms with Crippen LogP contribution in [0.1, 0.15) is 37.1 Å². The number of aryl methyl sites for hydroxylation is 1. The molecule has 1 N–H and O–H groups in total. The lowest BCUT2D eigenvalue weighted by molar-refractivity contribution is 0.0401. The highest BCUT2D eigenvalue weighted by Crippen LogP contribution is 2.37. The van der Waals surface area contributed by atoms with Gasteiger partial charge in [-0.1, -0.05) is 25.1 Å². The molecule has 0 bridgehead atoms. The standard InChI is InChI=1S/C17H23NO2/c1-3-14-16(13-8-4-5-9-15(13)20-14)17(18-2)12-7-6-10-19-11-12/h4-5,8-9,12,17-18H,3,6-7,10-11H2,1-2H3. The maximum absolute atomic E-state index is 6.04. The molecule has 2 aromatic rings. The Kier molecular flexibility index (Phi) is 4.08. The van der Waals surface area contributed by atoms with E-state index in [0.717, 1.165) is 37.4 Å². The van der Waals surface area contributed by atoms with Crippen molar-refractivity contribution in [3.8, 4) is 0 Å². The molecule has 0 amide bonds. The zero-order valence-corrected chi connectivity index (χ0v) is 12.3. The van der Waals surface area contributed by atoms with E-state index in [-0.39, 0.29) is 0 Å². The van der Waals surface area contributed by atoms with Crippen LogP contribution >= 0.6 is 0 Å². The van der Waals surface area contributed by atoms with Crippen molar-refractivity contribution in [3.63, 3.8) is 0 Å². The van der Waals surface area contributed by atoms with Crippen molar-refractivity contribution in [1.29, 1.82) is 0 Å². The van der Waals surface area contributed by atoms with Crippen molar-refractivity contribution in [2.45, 2.75) is 32.2 Å². The molecule has 1 fully saturated rings. The predicted octanol–water partition coefficient (Wildman–Crippen LogP) is 3.68. The Balaban J connectivity index is 2.05. The maximum atomic E-state index is 6.04. The minimum Gasteiger partial charge on any atom is -0.461 e. The number of para-hydroxylation sites is 1. The summed E-state index contributed by atoms with van der Waals surface area (Å²) in [5, 5.41) is 4.75. The third-order valence-electron chi connectivity index (χ3n) is 4.32. The molecule has 0 radical (unpaired) electrons. The summed E-state index contributed by atoms with van der Waals surface area (Å²) in [7, 11) is 2.04. The van der Waals surface area contributed by atoms with Crippen LogP contribution in [-0.4, -0.2) is 20.3 Å². The molecule has 3 nitrogen and oxygen atoms in total. The fourth-order valence-corrected chi connectivity index (χ4v) is 3.36. The average Bonchev–Trinajstić information content (AvgIpc) is 2.88. The van der Waals surface area contributed by atoms with E-state index in [9.17, 15) is 0 Å². The molecular weight excluding hydrogens is 250 g/mol. The van der Waals surface area contributed by atoms with E-state index < -0.39 is 0 Å². The summed E-state index contributed by atoms with van der Waals surface area (Å²) in [5.41, 5.74) is 2.33. The molecular formula is C17H23NO2. The van der Waals surface area contributed by atoms with Crippen LogP contribution < -0.4 is 5.32 Å². The Morgan fingerprint density at radius 3 is 2.90 bits per heavy atom. The largest absolute Gasteiger partial charge is 0.461 e. The summed E-state index contributed by atoms with van der Waals surface area (Å²) in [6.45, 7) is 3.90. The molecule has 2 heterocycles. The lowest BCUT2D eigenvalue weighted by atomic mass is 9.87. The lowest BCUT2D eigenvalue weighted by Gasteiger charge is -2.30. The van der Waals surface area contributed by atoms with Gasteiger partial charge in [-0.25, -0.2) is 0 Å². The first-order valence-corrected chi connectivity index (χ1v) is 7.60. The molecule has 1 aliphatic rings. The molecule has 2 unspecified atom stereocenters. The highest BCUT2D eigenvalue weighted by Gasteiger charge is 2.29. The quantitative estimate of drug-likeness (QED) is 0.922. The van der Waals surface area contributed by atoms with Crippen LogP contribution in [0.5, 0.6) is 0 Å². The van der Waals surface area contributed by atoms with E-state index in [4.69, 9.17) is 9.15 Å². The van der Waals surface area contributed by atoms with Crippen LogP contribution in [0, 0.1) is 5.92 Å². The van der Waals surface area contributed by atoms with E-state index in [1.54, 1.807) is 0 Å². The van der Waals surface area contributed by atoms with Crippen molar-refractivity contribution in [2.75, 3.05) is 20.3 Å². The minimum atomic E-state index is 0.314. The molecule has 0 spiro atoms. The third-order valence-corrected chi connectivity index (χ3v) is 4.32. The molecule has 0 aliphatic carbocycles. The zero-order chi connectivity index (χ0) is 13.9. The Morgan fingerprint density at radius 2 is 2.20 bits per heavy atom. The molecule has 20 heavy (non-hydrogen) atoms. The molecule has 2 atom stereocenters. The number of furan rings is 1. The second-order valence-corrected chi connectivity index (χ2v) is 5.53. The molecule has 0 saturated carbocycles. The van der Waals surface area contributed by atoms with E-state index in [2.05, 4.69) is 30.4 Å². The highest BCUT2D eigenvalue weighted by molar-refractivity contribution is 5.82. The Hall–Kier alpha value is -1.32. The molecule has 3 heteroatoms. The van der Waals surface area contributed by atoms with Crippen LogP contribution in [-0.2, 0) is 11.2 Å². The van der Waals surface area contributed by atoms with Crippen molar-refractivity contribution < 1.29 is 9.15 Å². The van der Waals surface area contributed by atoms with Crippen molar-refractivity contribution in [3.05, 3.63) is 35.6 Å². The van der Waals surface area contributed by atoms with Gasteiger partial charge in [0.05, 0.1) is 6.61 Å². The molecule has 3 rings (SSSR count). The number of ether oxygens (including phenoxy) is 1. The summed E-state index contributed by atoms with van der Waals surface area (Å²) >= 11 is 0. The van der Waals surface area contributed by atoms with Crippen molar-refractivity contribution >= 4 is 11.0 Å². The smallest absolute Gasteiger partial charge is 0.134 e. The van der Waals surface area contributed by atoms with E-state index in [1.165, 1.54) is 17.4 Å². The summed E-state index contributed by atoms with van der Waals surface area (Å²) in [6, 6.07) is 8.66. The van der Waals surface area contributed by atoms with Gasteiger partial charge in [-0.05, 0) is 26.0 Å². The normalized spacial score (nSPS) is 21.2. The van der Waals surface area contributed by atoms with Gasteiger partial charge in [-0.2, -0.15) is 0 Å². The molecule has 1 aromatic carbocycles. The zero-order valence-electron chi connectivity index (χ0n) is 12.3. The second-order valence-electron chi connectivity index (χ2n) is 5.53. The van der Waals surface area contributed by atoms with Gasteiger partial charge in [0.25, 0.3) is 0 Å². The molecule has 108 valence electrons. The molecule has 1 aromatic heterocycles. The second kappa shape index (κ2) is 5.98. The summed E-state index contributed by atoms with van der Waals surface area (Å²) in [4.78, 5) is 0. The Morgan fingerprint density at radius 1 is 1.35 bits per heavy atom. The first-order chi connectivity index (χ1) is 9.85. The summed E-state index contributed by atoms with van der Waals surface area (Å²) < 4.78 is 11.7. The molecule has 1 aliphatic heterocycles. The van der Waals surface area contributed by atoms with Gasteiger partial charge < -0.3 is 14.5 Å². The average molecular weight is 273 g/mol. The van der Waals surface area contributed by atoms with Gasteiger partial charge in [0.1, 0.15) is 11.3 Å². The summed E-state index contributed by atoms with van der Waals surface area (Å²) in [6.07, 6.45) is 3.30. The van der Waals surface area contributed by atoms with Crippen LogP contribution in [0.15, 0.2) is 28.7 Å². The Labute approximate surface area is 120 Å². The molecule has 1 saturated heterocycles. The van der Waals surface area contributed by atoms with Gasteiger partial charge in [-0.15, -0.1) is 0 Å².